The second-order valence-electron chi connectivity index (χ2n) is 6.33. The van der Waals surface area contributed by atoms with E-state index in [-0.39, 0.29) is 11.0 Å². The number of hydrogen-bond donors (Lipinski definition) is 0. The monoisotopic (exact) mass is 244 g/mol. The lowest BCUT2D eigenvalue weighted by atomic mass is 10.1. The van der Waals surface area contributed by atoms with E-state index >= 15 is 0 Å². The number of ketones is 1. The van der Waals surface area contributed by atoms with E-state index in [0.29, 0.717) is 12.2 Å². The molecule has 0 aromatic heterocycles. The molecule has 96 valence electrons. The van der Waals surface area contributed by atoms with E-state index in [4.69, 9.17) is 4.43 Å². The van der Waals surface area contributed by atoms with Crippen molar-refractivity contribution >= 4 is 14.1 Å². The summed E-state index contributed by atoms with van der Waals surface area (Å²) in [5, 5.41) is 0.259. The van der Waals surface area contributed by atoms with Crippen molar-refractivity contribution in [1.29, 1.82) is 0 Å². The van der Waals surface area contributed by atoms with Crippen molar-refractivity contribution in [2.24, 2.45) is 5.92 Å². The van der Waals surface area contributed by atoms with Gasteiger partial charge in [-0.05, 0) is 24.6 Å². The Hall–Kier alpha value is -0.153. The third kappa shape index (κ3) is 5.26. The van der Waals surface area contributed by atoms with E-state index in [1.165, 1.54) is 0 Å². The maximum atomic E-state index is 11.4. The van der Waals surface area contributed by atoms with Crippen LogP contribution in [0.15, 0.2) is 0 Å². The first-order valence-corrected chi connectivity index (χ1v) is 9.15. The SMILES string of the molecule is CC(C)C(=O)CCCO[Si](C)(C)C(C)(C)C. The summed E-state index contributed by atoms with van der Waals surface area (Å²) >= 11 is 0. The van der Waals surface area contributed by atoms with Crippen LogP contribution >= 0.6 is 0 Å². The van der Waals surface area contributed by atoms with Crippen molar-refractivity contribution in [3.05, 3.63) is 0 Å². The zero-order valence-electron chi connectivity index (χ0n) is 12.0. The fourth-order valence-electron chi connectivity index (χ4n) is 1.08. The molecule has 0 aliphatic rings. The molecule has 0 saturated carbocycles. The van der Waals surface area contributed by atoms with Crippen LogP contribution in [-0.4, -0.2) is 20.7 Å². The lowest BCUT2D eigenvalue weighted by Gasteiger charge is -2.36. The average molecular weight is 244 g/mol. The third-order valence-electron chi connectivity index (χ3n) is 3.48. The lowest BCUT2D eigenvalue weighted by molar-refractivity contribution is -0.122. The van der Waals surface area contributed by atoms with Crippen molar-refractivity contribution < 1.29 is 9.22 Å². The minimum absolute atomic E-state index is 0.160. The number of hydrogen-bond acceptors (Lipinski definition) is 2. The van der Waals surface area contributed by atoms with Gasteiger partial charge in [0.1, 0.15) is 5.78 Å². The molecule has 0 spiro atoms. The second kappa shape index (κ2) is 5.96. The van der Waals surface area contributed by atoms with Crippen LogP contribution in [0.4, 0.5) is 0 Å². The van der Waals surface area contributed by atoms with Gasteiger partial charge >= 0.3 is 0 Å². The average Bonchev–Trinajstić information content (AvgIpc) is 2.09. The highest BCUT2D eigenvalue weighted by atomic mass is 28.4. The Balaban J connectivity index is 3.88. The van der Waals surface area contributed by atoms with Gasteiger partial charge in [0, 0.05) is 18.9 Å². The predicted octanol–water partition coefficient (Wildman–Crippen LogP) is 4.01. The summed E-state index contributed by atoms with van der Waals surface area (Å²) in [6.07, 6.45) is 1.52. The van der Waals surface area contributed by atoms with E-state index in [2.05, 4.69) is 33.9 Å². The van der Waals surface area contributed by atoms with Gasteiger partial charge in [0.2, 0.25) is 0 Å². The molecule has 16 heavy (non-hydrogen) atoms. The van der Waals surface area contributed by atoms with Gasteiger partial charge in [-0.1, -0.05) is 34.6 Å². The molecule has 0 fully saturated rings. The van der Waals surface area contributed by atoms with Crippen LogP contribution in [0.25, 0.3) is 0 Å². The van der Waals surface area contributed by atoms with Gasteiger partial charge < -0.3 is 4.43 Å². The zero-order chi connectivity index (χ0) is 13.0. The van der Waals surface area contributed by atoms with Gasteiger partial charge in [-0.3, -0.25) is 4.79 Å². The van der Waals surface area contributed by atoms with Crippen molar-refractivity contribution in [3.63, 3.8) is 0 Å². The molecule has 0 bridgehead atoms. The molecule has 0 saturated heterocycles. The van der Waals surface area contributed by atoms with Crippen molar-refractivity contribution in [3.8, 4) is 0 Å². The van der Waals surface area contributed by atoms with Crippen LogP contribution in [0.2, 0.25) is 18.1 Å². The van der Waals surface area contributed by atoms with Crippen molar-refractivity contribution in [2.45, 2.75) is 65.6 Å². The molecule has 0 aromatic carbocycles. The molecule has 2 nitrogen and oxygen atoms in total. The normalized spacial score (nSPS) is 13.2. The van der Waals surface area contributed by atoms with Crippen LogP contribution in [0.1, 0.15) is 47.5 Å². The largest absolute Gasteiger partial charge is 0.417 e. The highest BCUT2D eigenvalue weighted by Crippen LogP contribution is 2.36. The minimum Gasteiger partial charge on any atom is -0.417 e. The quantitative estimate of drug-likeness (QED) is 0.521. The standard InChI is InChI=1S/C13H28O2Si/c1-11(2)12(14)9-8-10-15-16(6,7)13(3,4)5/h11H,8-10H2,1-7H3. The summed E-state index contributed by atoms with van der Waals surface area (Å²) in [6, 6.07) is 0. The Bertz CT molecular complexity index is 227. The van der Waals surface area contributed by atoms with Crippen LogP contribution < -0.4 is 0 Å². The molecule has 0 rings (SSSR count). The van der Waals surface area contributed by atoms with Gasteiger partial charge in [-0.2, -0.15) is 0 Å². The molecular weight excluding hydrogens is 216 g/mol. The number of carbonyl (C=O) groups excluding carboxylic acids is 1. The van der Waals surface area contributed by atoms with Crippen LogP contribution in [0, 0.1) is 5.92 Å². The molecule has 0 aliphatic carbocycles. The van der Waals surface area contributed by atoms with E-state index in [1.807, 2.05) is 13.8 Å². The van der Waals surface area contributed by atoms with E-state index in [9.17, 15) is 4.79 Å². The zero-order valence-corrected chi connectivity index (χ0v) is 13.0. The van der Waals surface area contributed by atoms with Gasteiger partial charge in [0.05, 0.1) is 0 Å². The molecule has 0 atom stereocenters. The topological polar surface area (TPSA) is 26.3 Å². The lowest BCUT2D eigenvalue weighted by Crippen LogP contribution is -2.41. The van der Waals surface area contributed by atoms with Crippen LogP contribution in [0.5, 0.6) is 0 Å². The highest BCUT2D eigenvalue weighted by molar-refractivity contribution is 6.74. The summed E-state index contributed by atoms with van der Waals surface area (Å²) in [7, 11) is -1.62. The van der Waals surface area contributed by atoms with Crippen molar-refractivity contribution in [1.82, 2.24) is 0 Å². The highest BCUT2D eigenvalue weighted by Gasteiger charge is 2.36. The smallest absolute Gasteiger partial charge is 0.191 e. The molecule has 0 N–H and O–H groups in total. The summed E-state index contributed by atoms with van der Waals surface area (Å²) in [5.74, 6) is 0.506. The molecular formula is C13H28O2Si. The fraction of sp³-hybridized carbons (Fsp3) is 0.923. The molecule has 0 unspecified atom stereocenters. The molecule has 0 amide bonds. The molecule has 0 heterocycles. The van der Waals surface area contributed by atoms with Crippen LogP contribution in [-0.2, 0) is 9.22 Å². The van der Waals surface area contributed by atoms with Crippen molar-refractivity contribution in [2.75, 3.05) is 6.61 Å². The predicted molar refractivity (Wildman–Crippen MR) is 72.2 cm³/mol. The Morgan fingerprint density at radius 1 is 1.25 bits per heavy atom. The summed E-state index contributed by atoms with van der Waals surface area (Å²) in [4.78, 5) is 11.4. The molecule has 0 aromatic rings. The van der Waals surface area contributed by atoms with Gasteiger partial charge in [-0.25, -0.2) is 0 Å². The maximum absolute atomic E-state index is 11.4. The van der Waals surface area contributed by atoms with E-state index in [1.54, 1.807) is 0 Å². The molecule has 0 radical (unpaired) electrons. The van der Waals surface area contributed by atoms with Gasteiger partial charge in [0.25, 0.3) is 0 Å². The first-order chi connectivity index (χ1) is 7.08. The molecule has 3 heteroatoms. The summed E-state index contributed by atoms with van der Waals surface area (Å²) in [5.41, 5.74) is 0. The summed E-state index contributed by atoms with van der Waals surface area (Å²) < 4.78 is 6.01. The first kappa shape index (κ1) is 15.8. The Morgan fingerprint density at radius 3 is 2.12 bits per heavy atom. The van der Waals surface area contributed by atoms with E-state index in [0.717, 1.165) is 13.0 Å². The second-order valence-corrected chi connectivity index (χ2v) is 11.1. The number of rotatable bonds is 6. The van der Waals surface area contributed by atoms with Crippen LogP contribution in [0.3, 0.4) is 0 Å². The maximum Gasteiger partial charge on any atom is 0.191 e. The Labute approximate surface area is 102 Å². The van der Waals surface area contributed by atoms with Gasteiger partial charge in [-0.15, -0.1) is 0 Å². The first-order valence-electron chi connectivity index (χ1n) is 6.24. The van der Waals surface area contributed by atoms with E-state index < -0.39 is 8.32 Å². The Kier molecular flexibility index (Phi) is 5.91. The minimum atomic E-state index is -1.62. The fourth-order valence-corrected chi connectivity index (χ4v) is 2.17. The number of Topliss-reactive ketones (excluding diaryl/α,β-unsaturated/α-hetero) is 1. The number of carbonyl (C=O) groups is 1. The van der Waals surface area contributed by atoms with Gasteiger partial charge in [0.15, 0.2) is 8.32 Å². The Morgan fingerprint density at radius 2 is 1.75 bits per heavy atom. The molecule has 0 aliphatic heterocycles. The summed E-state index contributed by atoms with van der Waals surface area (Å²) in [6.45, 7) is 15.8. The third-order valence-corrected chi connectivity index (χ3v) is 8.02.